The second-order valence-corrected chi connectivity index (χ2v) is 8.51. The molecule has 2 aromatic rings. The Kier molecular flexibility index (Phi) is 5.36. The Morgan fingerprint density at radius 2 is 2.10 bits per heavy atom. The molecule has 0 radical (unpaired) electrons. The number of hydrogen-bond acceptors (Lipinski definition) is 5. The minimum absolute atomic E-state index is 0.0301. The number of carbonyl (C=O) groups excluding carboxylic acids is 2. The molecule has 1 aromatic carbocycles. The Morgan fingerprint density at radius 3 is 2.84 bits per heavy atom. The Labute approximate surface area is 181 Å². The number of nitrogens with one attached hydrogen (secondary N) is 1. The van der Waals surface area contributed by atoms with Gasteiger partial charge in [-0.15, -0.1) is 0 Å². The molecule has 2 saturated heterocycles. The van der Waals surface area contributed by atoms with Crippen molar-refractivity contribution in [3.05, 3.63) is 59.4 Å². The maximum atomic E-state index is 12.7. The first-order valence-electron chi connectivity index (χ1n) is 11.0. The van der Waals surface area contributed by atoms with E-state index >= 15 is 0 Å². The molecule has 4 heterocycles. The number of aromatic nitrogens is 1. The van der Waals surface area contributed by atoms with Gasteiger partial charge in [-0.2, -0.15) is 0 Å². The molecule has 0 unspecified atom stereocenters. The Hall–Kier alpha value is -2.93. The molecule has 7 heteroatoms. The third kappa shape index (κ3) is 4.02. The fourth-order valence-electron chi connectivity index (χ4n) is 4.91. The number of carbonyl (C=O) groups is 2. The standard InChI is InChI=1S/C24H27N3O4/c28-22-7-6-21(26-22)23(29)27-12-9-24(10-13-27)20-5-4-19(15-17(20)8-14-31-24)30-16-18-3-1-2-11-25-18/h1-5,11,15,21H,6-10,12-14,16H2,(H,26,28)/t21-/m0/s1. The number of fused-ring (bicyclic) bond motifs is 2. The van der Waals surface area contributed by atoms with Crippen LogP contribution in [0.3, 0.4) is 0 Å². The van der Waals surface area contributed by atoms with E-state index in [1.165, 1.54) is 11.1 Å². The summed E-state index contributed by atoms with van der Waals surface area (Å²) in [5, 5.41) is 2.79. The number of hydrogen-bond donors (Lipinski definition) is 1. The number of nitrogens with zero attached hydrogens (tertiary/aromatic N) is 2. The topological polar surface area (TPSA) is 80.8 Å². The third-order valence-electron chi connectivity index (χ3n) is 6.61. The average molecular weight is 421 g/mol. The zero-order valence-electron chi connectivity index (χ0n) is 17.5. The van der Waals surface area contributed by atoms with Gasteiger partial charge in [0.25, 0.3) is 0 Å². The molecule has 1 atom stereocenters. The summed E-state index contributed by atoms with van der Waals surface area (Å²) in [6, 6.07) is 11.7. The van der Waals surface area contributed by atoms with Gasteiger partial charge in [-0.3, -0.25) is 14.6 Å². The molecule has 5 rings (SSSR count). The molecule has 1 aromatic heterocycles. The SMILES string of the molecule is O=C1CC[C@@H](C(=O)N2CCC3(CC2)OCCc2cc(OCc4ccccn4)ccc23)N1. The number of pyridine rings is 1. The van der Waals surface area contributed by atoms with E-state index in [0.29, 0.717) is 39.1 Å². The highest BCUT2D eigenvalue weighted by molar-refractivity contribution is 5.90. The summed E-state index contributed by atoms with van der Waals surface area (Å²) >= 11 is 0. The molecule has 3 aliphatic heterocycles. The summed E-state index contributed by atoms with van der Waals surface area (Å²) in [5.74, 6) is 0.846. The van der Waals surface area contributed by atoms with Gasteiger partial charge < -0.3 is 19.7 Å². The highest BCUT2D eigenvalue weighted by Crippen LogP contribution is 2.42. The van der Waals surface area contributed by atoms with Crippen LogP contribution in [0.2, 0.25) is 0 Å². The number of piperidine rings is 1. The lowest BCUT2D eigenvalue weighted by molar-refractivity contribution is -0.143. The van der Waals surface area contributed by atoms with Gasteiger partial charge in [0.1, 0.15) is 18.4 Å². The van der Waals surface area contributed by atoms with Crippen LogP contribution >= 0.6 is 0 Å². The Morgan fingerprint density at radius 1 is 1.23 bits per heavy atom. The number of amides is 2. The molecule has 31 heavy (non-hydrogen) atoms. The largest absolute Gasteiger partial charge is 0.487 e. The van der Waals surface area contributed by atoms with Crippen molar-refractivity contribution in [2.45, 2.75) is 50.4 Å². The van der Waals surface area contributed by atoms with Crippen LogP contribution < -0.4 is 10.1 Å². The van der Waals surface area contributed by atoms with Gasteiger partial charge in [-0.25, -0.2) is 0 Å². The van der Waals surface area contributed by atoms with Crippen LogP contribution in [0.15, 0.2) is 42.6 Å². The summed E-state index contributed by atoms with van der Waals surface area (Å²) < 4.78 is 12.3. The van der Waals surface area contributed by atoms with Gasteiger partial charge in [0, 0.05) is 25.7 Å². The lowest BCUT2D eigenvalue weighted by Gasteiger charge is -2.45. The second-order valence-electron chi connectivity index (χ2n) is 8.51. The van der Waals surface area contributed by atoms with Gasteiger partial charge in [-0.05, 0) is 61.1 Å². The van der Waals surface area contributed by atoms with Crippen LogP contribution in [-0.4, -0.2) is 47.4 Å². The van der Waals surface area contributed by atoms with E-state index in [0.717, 1.165) is 30.7 Å². The van der Waals surface area contributed by atoms with Crippen LogP contribution in [-0.2, 0) is 33.0 Å². The lowest BCUT2D eigenvalue weighted by atomic mass is 9.79. The first-order chi connectivity index (χ1) is 15.1. The molecule has 2 fully saturated rings. The molecule has 1 spiro atoms. The predicted octanol–water partition coefficient (Wildman–Crippen LogP) is 2.33. The summed E-state index contributed by atoms with van der Waals surface area (Å²) in [6.45, 7) is 2.39. The van der Waals surface area contributed by atoms with Gasteiger partial charge in [0.2, 0.25) is 11.8 Å². The Balaban J connectivity index is 1.26. The second kappa shape index (κ2) is 8.30. The van der Waals surface area contributed by atoms with E-state index in [2.05, 4.69) is 22.4 Å². The fraction of sp³-hybridized carbons (Fsp3) is 0.458. The predicted molar refractivity (Wildman–Crippen MR) is 113 cm³/mol. The molecule has 0 aliphatic carbocycles. The normalized spacial score (nSPS) is 22.1. The zero-order valence-corrected chi connectivity index (χ0v) is 17.5. The minimum atomic E-state index is -0.361. The Bertz CT molecular complexity index is 970. The maximum Gasteiger partial charge on any atom is 0.245 e. The van der Waals surface area contributed by atoms with E-state index in [-0.39, 0.29) is 23.5 Å². The van der Waals surface area contributed by atoms with Crippen LogP contribution in [0.1, 0.15) is 42.5 Å². The molecule has 162 valence electrons. The van der Waals surface area contributed by atoms with Crippen molar-refractivity contribution >= 4 is 11.8 Å². The number of likely N-dealkylation sites (tertiary alicyclic amines) is 1. The van der Waals surface area contributed by atoms with Gasteiger partial charge in [0.15, 0.2) is 0 Å². The van der Waals surface area contributed by atoms with Gasteiger partial charge in [-0.1, -0.05) is 12.1 Å². The molecule has 2 amide bonds. The van der Waals surface area contributed by atoms with Crippen LogP contribution in [0, 0.1) is 0 Å². The lowest BCUT2D eigenvalue weighted by Crippen LogP contribution is -2.52. The van der Waals surface area contributed by atoms with Crippen LogP contribution in [0.4, 0.5) is 0 Å². The van der Waals surface area contributed by atoms with Crippen LogP contribution in [0.5, 0.6) is 5.75 Å². The van der Waals surface area contributed by atoms with E-state index in [1.54, 1.807) is 6.20 Å². The van der Waals surface area contributed by atoms with Crippen molar-refractivity contribution in [2.24, 2.45) is 0 Å². The summed E-state index contributed by atoms with van der Waals surface area (Å²) in [4.78, 5) is 30.4. The number of rotatable bonds is 4. The number of benzene rings is 1. The molecular weight excluding hydrogens is 394 g/mol. The first-order valence-corrected chi connectivity index (χ1v) is 11.0. The van der Waals surface area contributed by atoms with Crippen molar-refractivity contribution in [2.75, 3.05) is 19.7 Å². The zero-order chi connectivity index (χ0) is 21.3. The molecule has 7 nitrogen and oxygen atoms in total. The van der Waals surface area contributed by atoms with E-state index in [1.807, 2.05) is 29.2 Å². The smallest absolute Gasteiger partial charge is 0.245 e. The van der Waals surface area contributed by atoms with Gasteiger partial charge >= 0.3 is 0 Å². The van der Waals surface area contributed by atoms with Gasteiger partial charge in [0.05, 0.1) is 17.9 Å². The van der Waals surface area contributed by atoms with E-state index < -0.39 is 0 Å². The minimum Gasteiger partial charge on any atom is -0.487 e. The molecule has 3 aliphatic rings. The summed E-state index contributed by atoms with van der Waals surface area (Å²) in [7, 11) is 0. The quantitative estimate of drug-likeness (QED) is 0.820. The average Bonchev–Trinajstić information content (AvgIpc) is 3.25. The highest BCUT2D eigenvalue weighted by atomic mass is 16.5. The van der Waals surface area contributed by atoms with Crippen molar-refractivity contribution < 1.29 is 19.1 Å². The first kappa shape index (κ1) is 20.0. The summed E-state index contributed by atoms with van der Waals surface area (Å²) in [5.41, 5.74) is 3.02. The van der Waals surface area contributed by atoms with E-state index in [4.69, 9.17) is 9.47 Å². The van der Waals surface area contributed by atoms with Crippen molar-refractivity contribution in [1.29, 1.82) is 0 Å². The van der Waals surface area contributed by atoms with Crippen molar-refractivity contribution in [3.63, 3.8) is 0 Å². The molecule has 0 saturated carbocycles. The monoisotopic (exact) mass is 421 g/mol. The maximum absolute atomic E-state index is 12.7. The number of ether oxygens (including phenoxy) is 2. The van der Waals surface area contributed by atoms with E-state index in [9.17, 15) is 9.59 Å². The molecular formula is C24H27N3O4. The molecule has 0 bridgehead atoms. The molecule has 1 N–H and O–H groups in total. The summed E-state index contributed by atoms with van der Waals surface area (Å²) in [6.07, 6.45) is 5.19. The van der Waals surface area contributed by atoms with Crippen LogP contribution in [0.25, 0.3) is 0 Å². The fourth-order valence-corrected chi connectivity index (χ4v) is 4.91. The van der Waals surface area contributed by atoms with Crippen molar-refractivity contribution in [1.82, 2.24) is 15.2 Å². The van der Waals surface area contributed by atoms with Crippen molar-refractivity contribution in [3.8, 4) is 5.75 Å². The highest BCUT2D eigenvalue weighted by Gasteiger charge is 2.43. The third-order valence-corrected chi connectivity index (χ3v) is 6.61.